The van der Waals surface area contributed by atoms with E-state index >= 15 is 0 Å². The van der Waals surface area contributed by atoms with Crippen LogP contribution in [0, 0.1) is 11.8 Å². The van der Waals surface area contributed by atoms with Crippen LogP contribution in [0.15, 0.2) is 46.8 Å². The first-order valence-corrected chi connectivity index (χ1v) is 10.8. The Balaban J connectivity index is 1.86. The van der Waals surface area contributed by atoms with Crippen molar-refractivity contribution < 1.29 is 4.79 Å². The predicted molar refractivity (Wildman–Crippen MR) is 120 cm³/mol. The third kappa shape index (κ3) is 7.72. The normalized spacial score (nSPS) is 12.7. The van der Waals surface area contributed by atoms with E-state index in [9.17, 15) is 4.79 Å². The number of hydrogen-bond donors (Lipinski definition) is 3. The van der Waals surface area contributed by atoms with Gasteiger partial charge in [0.05, 0.1) is 6.54 Å². The summed E-state index contributed by atoms with van der Waals surface area (Å²) in [6, 6.07) is 12.1. The number of hydrogen-bond acceptors (Lipinski definition) is 3. The van der Waals surface area contributed by atoms with E-state index in [1.807, 2.05) is 49.4 Å². The third-order valence-electron chi connectivity index (χ3n) is 4.26. The van der Waals surface area contributed by atoms with Gasteiger partial charge in [0.2, 0.25) is 5.91 Å². The Morgan fingerprint density at radius 1 is 1.11 bits per heavy atom. The van der Waals surface area contributed by atoms with Gasteiger partial charge in [-0.25, -0.2) is 4.99 Å². The molecule has 1 aromatic carbocycles. The molecule has 0 saturated carbocycles. The van der Waals surface area contributed by atoms with E-state index in [0.717, 1.165) is 36.7 Å². The molecular formula is C22H32N4OS. The van der Waals surface area contributed by atoms with Crippen LogP contribution in [0.2, 0.25) is 0 Å². The first-order valence-electron chi connectivity index (χ1n) is 9.92. The van der Waals surface area contributed by atoms with Crippen LogP contribution >= 0.6 is 11.3 Å². The lowest BCUT2D eigenvalue weighted by Gasteiger charge is -2.15. The van der Waals surface area contributed by atoms with Gasteiger partial charge < -0.3 is 16.0 Å². The minimum Gasteiger partial charge on any atom is -0.357 e. The topological polar surface area (TPSA) is 65.5 Å². The van der Waals surface area contributed by atoms with E-state index in [1.54, 1.807) is 0 Å². The standard InChI is InChI=1S/C22H32N4OS/c1-5-23-22(24-14-17(4)13-20-7-6-12-28-20)25-15-18-8-10-19(11-9-18)26-21(27)16(2)3/h6-12,16-17H,5,13-15H2,1-4H3,(H,26,27)(H2,23,24,25). The number of nitrogens with zero attached hydrogens (tertiary/aromatic N) is 1. The summed E-state index contributed by atoms with van der Waals surface area (Å²) < 4.78 is 0. The van der Waals surface area contributed by atoms with E-state index in [2.05, 4.69) is 52.3 Å². The number of guanidine groups is 1. The van der Waals surface area contributed by atoms with Gasteiger partial charge in [-0.3, -0.25) is 4.79 Å². The average Bonchev–Trinajstić information content (AvgIpc) is 3.18. The van der Waals surface area contributed by atoms with Crippen LogP contribution in [-0.4, -0.2) is 25.0 Å². The molecule has 0 radical (unpaired) electrons. The van der Waals surface area contributed by atoms with Crippen molar-refractivity contribution in [2.75, 3.05) is 18.4 Å². The molecule has 28 heavy (non-hydrogen) atoms. The number of thiophene rings is 1. The summed E-state index contributed by atoms with van der Waals surface area (Å²) in [5, 5.41) is 11.8. The summed E-state index contributed by atoms with van der Waals surface area (Å²) in [5.41, 5.74) is 1.92. The van der Waals surface area contributed by atoms with Gasteiger partial charge in [-0.15, -0.1) is 11.3 Å². The fourth-order valence-corrected chi connectivity index (χ4v) is 3.48. The van der Waals surface area contributed by atoms with Crippen LogP contribution < -0.4 is 16.0 Å². The molecule has 0 bridgehead atoms. The first kappa shape index (κ1) is 22.0. The lowest BCUT2D eigenvalue weighted by Crippen LogP contribution is -2.39. The van der Waals surface area contributed by atoms with Gasteiger partial charge in [-0.2, -0.15) is 0 Å². The predicted octanol–water partition coefficient (Wildman–Crippen LogP) is 4.28. The summed E-state index contributed by atoms with van der Waals surface area (Å²) in [6.07, 6.45) is 1.08. The van der Waals surface area contributed by atoms with Crippen LogP contribution in [0.1, 0.15) is 38.1 Å². The number of benzene rings is 1. The van der Waals surface area contributed by atoms with Crippen molar-refractivity contribution >= 4 is 28.9 Å². The Bertz CT molecular complexity index is 738. The van der Waals surface area contributed by atoms with Crippen molar-refractivity contribution in [3.63, 3.8) is 0 Å². The fourth-order valence-electron chi connectivity index (χ4n) is 2.61. The molecule has 1 aromatic heterocycles. The summed E-state index contributed by atoms with van der Waals surface area (Å²) >= 11 is 1.81. The van der Waals surface area contributed by atoms with Crippen molar-refractivity contribution in [2.24, 2.45) is 16.8 Å². The summed E-state index contributed by atoms with van der Waals surface area (Å²) in [5.74, 6) is 1.37. The molecule has 2 rings (SSSR count). The van der Waals surface area contributed by atoms with Crippen LogP contribution in [0.5, 0.6) is 0 Å². The third-order valence-corrected chi connectivity index (χ3v) is 5.16. The molecule has 2 aromatic rings. The van der Waals surface area contributed by atoms with Gasteiger partial charge in [0.1, 0.15) is 0 Å². The zero-order chi connectivity index (χ0) is 20.4. The Morgan fingerprint density at radius 2 is 1.86 bits per heavy atom. The summed E-state index contributed by atoms with van der Waals surface area (Å²) in [6.45, 7) is 10.4. The smallest absolute Gasteiger partial charge is 0.226 e. The van der Waals surface area contributed by atoms with Gasteiger partial charge in [0.15, 0.2) is 5.96 Å². The summed E-state index contributed by atoms with van der Waals surface area (Å²) in [4.78, 5) is 17.9. The lowest BCUT2D eigenvalue weighted by atomic mass is 10.1. The molecule has 1 unspecified atom stereocenters. The van der Waals surface area contributed by atoms with Crippen LogP contribution in [0.3, 0.4) is 0 Å². The first-order chi connectivity index (χ1) is 13.5. The Morgan fingerprint density at radius 3 is 2.46 bits per heavy atom. The zero-order valence-electron chi connectivity index (χ0n) is 17.3. The number of carbonyl (C=O) groups is 1. The second kappa shape index (κ2) is 11.5. The van der Waals surface area contributed by atoms with E-state index < -0.39 is 0 Å². The summed E-state index contributed by atoms with van der Waals surface area (Å²) in [7, 11) is 0. The highest BCUT2D eigenvalue weighted by Gasteiger charge is 2.08. The molecule has 0 aliphatic heterocycles. The van der Waals surface area contributed by atoms with Crippen molar-refractivity contribution in [1.82, 2.24) is 10.6 Å². The van der Waals surface area contributed by atoms with Crippen LogP contribution in [0.25, 0.3) is 0 Å². The fraction of sp³-hybridized carbons (Fsp3) is 0.455. The monoisotopic (exact) mass is 400 g/mol. The van der Waals surface area contributed by atoms with Crippen molar-refractivity contribution in [1.29, 1.82) is 0 Å². The largest absolute Gasteiger partial charge is 0.357 e. The minimum atomic E-state index is -0.0276. The molecular weight excluding hydrogens is 368 g/mol. The van der Waals surface area contributed by atoms with E-state index in [4.69, 9.17) is 0 Å². The number of rotatable bonds is 9. The number of aliphatic imine (C=N–C) groups is 1. The molecule has 0 aliphatic rings. The minimum absolute atomic E-state index is 0.0276. The molecule has 0 fully saturated rings. The Labute approximate surface area is 172 Å². The van der Waals surface area contributed by atoms with E-state index in [0.29, 0.717) is 12.5 Å². The molecule has 152 valence electrons. The Hall–Kier alpha value is -2.34. The highest BCUT2D eigenvalue weighted by atomic mass is 32.1. The van der Waals surface area contributed by atoms with Gasteiger partial charge in [0, 0.05) is 29.6 Å². The van der Waals surface area contributed by atoms with Gasteiger partial charge >= 0.3 is 0 Å². The zero-order valence-corrected chi connectivity index (χ0v) is 18.1. The molecule has 1 amide bonds. The second-order valence-electron chi connectivity index (χ2n) is 7.31. The van der Waals surface area contributed by atoms with Crippen molar-refractivity contribution in [3.8, 4) is 0 Å². The maximum atomic E-state index is 11.8. The van der Waals surface area contributed by atoms with Crippen LogP contribution in [0.4, 0.5) is 5.69 Å². The highest BCUT2D eigenvalue weighted by molar-refractivity contribution is 7.09. The molecule has 0 aliphatic carbocycles. The quantitative estimate of drug-likeness (QED) is 0.435. The van der Waals surface area contributed by atoms with Crippen molar-refractivity contribution in [3.05, 3.63) is 52.2 Å². The van der Waals surface area contributed by atoms with Gasteiger partial charge in [0.25, 0.3) is 0 Å². The number of nitrogens with one attached hydrogen (secondary N) is 3. The van der Waals surface area contributed by atoms with Crippen molar-refractivity contribution in [2.45, 2.75) is 40.7 Å². The Kier molecular flexibility index (Phi) is 9.01. The average molecular weight is 401 g/mol. The molecule has 6 heteroatoms. The highest BCUT2D eigenvalue weighted by Crippen LogP contribution is 2.14. The molecule has 5 nitrogen and oxygen atoms in total. The molecule has 0 saturated heterocycles. The number of carbonyl (C=O) groups excluding carboxylic acids is 1. The number of anilines is 1. The van der Waals surface area contributed by atoms with Crippen LogP contribution in [-0.2, 0) is 17.8 Å². The lowest BCUT2D eigenvalue weighted by molar-refractivity contribution is -0.118. The van der Waals surface area contributed by atoms with Gasteiger partial charge in [-0.05, 0) is 48.4 Å². The maximum absolute atomic E-state index is 11.8. The molecule has 3 N–H and O–H groups in total. The maximum Gasteiger partial charge on any atom is 0.226 e. The molecule has 1 heterocycles. The SMILES string of the molecule is CCNC(=NCc1ccc(NC(=O)C(C)C)cc1)NCC(C)Cc1cccs1. The van der Waals surface area contributed by atoms with E-state index in [1.165, 1.54) is 4.88 Å². The second-order valence-corrected chi connectivity index (χ2v) is 8.34. The van der Waals surface area contributed by atoms with Gasteiger partial charge in [-0.1, -0.05) is 39.0 Å². The number of amides is 1. The van der Waals surface area contributed by atoms with E-state index in [-0.39, 0.29) is 11.8 Å². The molecule has 1 atom stereocenters. The molecule has 0 spiro atoms.